The molecule has 0 aliphatic rings. The van der Waals surface area contributed by atoms with Gasteiger partial charge in [0.15, 0.2) is 0 Å². The SMILES string of the molecule is c1ccc(Nc2ccc3c4c5ccccc5sc4n(-c4ccccc4)c3c2)cc1. The molecule has 0 atom stereocenters. The summed E-state index contributed by atoms with van der Waals surface area (Å²) in [5.74, 6) is 0. The van der Waals surface area contributed by atoms with Crippen molar-refractivity contribution in [1.82, 2.24) is 4.57 Å². The Balaban J connectivity index is 1.66. The van der Waals surface area contributed by atoms with Crippen molar-refractivity contribution < 1.29 is 0 Å². The van der Waals surface area contributed by atoms with Gasteiger partial charge in [0.2, 0.25) is 0 Å². The summed E-state index contributed by atoms with van der Waals surface area (Å²) < 4.78 is 3.72. The van der Waals surface area contributed by atoms with E-state index in [4.69, 9.17) is 0 Å². The number of nitrogens with zero attached hydrogens (tertiary/aromatic N) is 1. The fourth-order valence-corrected chi connectivity index (χ4v) is 5.34. The Bertz CT molecular complexity index is 1460. The van der Waals surface area contributed by atoms with Gasteiger partial charge in [-0.3, -0.25) is 0 Å². The molecule has 0 spiro atoms. The van der Waals surface area contributed by atoms with E-state index < -0.39 is 0 Å². The second-order valence-corrected chi connectivity index (χ2v) is 8.20. The Morgan fingerprint density at radius 3 is 2.17 bits per heavy atom. The molecule has 0 aliphatic heterocycles. The average molecular weight is 391 g/mol. The van der Waals surface area contributed by atoms with Crippen molar-refractivity contribution in [3.63, 3.8) is 0 Å². The van der Waals surface area contributed by atoms with E-state index in [1.54, 1.807) is 0 Å². The highest BCUT2D eigenvalue weighted by molar-refractivity contribution is 7.25. The molecular weight excluding hydrogens is 372 g/mol. The first-order valence-electron chi connectivity index (χ1n) is 9.72. The summed E-state index contributed by atoms with van der Waals surface area (Å²) in [4.78, 5) is 1.30. The Morgan fingerprint density at radius 1 is 0.621 bits per heavy atom. The van der Waals surface area contributed by atoms with Gasteiger partial charge in [-0.15, -0.1) is 11.3 Å². The Morgan fingerprint density at radius 2 is 1.34 bits per heavy atom. The molecule has 4 aromatic carbocycles. The van der Waals surface area contributed by atoms with Crippen molar-refractivity contribution in [2.45, 2.75) is 0 Å². The van der Waals surface area contributed by atoms with Crippen molar-refractivity contribution in [3.8, 4) is 5.69 Å². The van der Waals surface area contributed by atoms with E-state index in [0.717, 1.165) is 11.4 Å². The summed E-state index contributed by atoms with van der Waals surface area (Å²) in [7, 11) is 0. The summed E-state index contributed by atoms with van der Waals surface area (Å²) in [5, 5.41) is 7.50. The second-order valence-electron chi connectivity index (χ2n) is 7.17. The van der Waals surface area contributed by atoms with Crippen LogP contribution in [0.1, 0.15) is 0 Å². The molecule has 0 aliphatic carbocycles. The quantitative estimate of drug-likeness (QED) is 0.327. The lowest BCUT2D eigenvalue weighted by molar-refractivity contribution is 1.19. The summed E-state index contributed by atoms with van der Waals surface area (Å²) in [6.07, 6.45) is 0. The maximum Gasteiger partial charge on any atom is 0.109 e. The summed E-state index contributed by atoms with van der Waals surface area (Å²) in [6, 6.07) is 36.3. The van der Waals surface area contributed by atoms with Crippen molar-refractivity contribution >= 4 is 53.9 Å². The van der Waals surface area contributed by atoms with Crippen molar-refractivity contribution in [3.05, 3.63) is 103 Å². The van der Waals surface area contributed by atoms with Crippen molar-refractivity contribution in [2.75, 3.05) is 5.32 Å². The molecule has 0 unspecified atom stereocenters. The maximum absolute atomic E-state index is 3.54. The van der Waals surface area contributed by atoms with Crippen molar-refractivity contribution in [1.29, 1.82) is 0 Å². The van der Waals surface area contributed by atoms with E-state index in [2.05, 4.69) is 107 Å². The molecule has 2 aromatic heterocycles. The predicted octanol–water partition coefficient (Wildman–Crippen LogP) is 7.74. The number of para-hydroxylation sites is 2. The smallest absolute Gasteiger partial charge is 0.109 e. The standard InChI is InChI=1S/C26H18N2S/c1-3-9-18(10-4-1)27-19-15-16-21-23(17-19)28(20-11-5-2-6-12-20)26-25(21)22-13-7-8-14-24(22)29-26/h1-17,27H. The number of thiophene rings is 1. The number of fused-ring (bicyclic) bond motifs is 5. The van der Waals surface area contributed by atoms with Crippen LogP contribution >= 0.6 is 11.3 Å². The van der Waals surface area contributed by atoms with Gasteiger partial charge >= 0.3 is 0 Å². The lowest BCUT2D eigenvalue weighted by Gasteiger charge is -2.10. The van der Waals surface area contributed by atoms with Gasteiger partial charge in [0.05, 0.1) is 5.52 Å². The highest BCUT2D eigenvalue weighted by Crippen LogP contribution is 2.42. The molecule has 2 heterocycles. The van der Waals surface area contributed by atoms with E-state index in [-0.39, 0.29) is 0 Å². The molecule has 1 N–H and O–H groups in total. The van der Waals surface area contributed by atoms with E-state index >= 15 is 0 Å². The first kappa shape index (κ1) is 16.4. The lowest BCUT2D eigenvalue weighted by Crippen LogP contribution is -1.94. The summed E-state index contributed by atoms with van der Waals surface area (Å²) in [5.41, 5.74) is 4.60. The maximum atomic E-state index is 3.54. The first-order valence-corrected chi connectivity index (χ1v) is 10.5. The number of aromatic nitrogens is 1. The third-order valence-corrected chi connectivity index (χ3v) is 6.52. The van der Waals surface area contributed by atoms with Crippen LogP contribution in [0.15, 0.2) is 103 Å². The number of anilines is 2. The lowest BCUT2D eigenvalue weighted by atomic mass is 10.1. The molecular formula is C26H18N2S. The van der Waals surface area contributed by atoms with E-state index in [1.807, 2.05) is 17.4 Å². The van der Waals surface area contributed by atoms with Crippen molar-refractivity contribution in [2.24, 2.45) is 0 Å². The molecule has 6 aromatic rings. The topological polar surface area (TPSA) is 17.0 Å². The summed E-state index contributed by atoms with van der Waals surface area (Å²) in [6.45, 7) is 0. The van der Waals surface area contributed by atoms with Gasteiger partial charge in [0.25, 0.3) is 0 Å². The highest BCUT2D eigenvalue weighted by Gasteiger charge is 2.17. The van der Waals surface area contributed by atoms with Crippen LogP contribution in [0.25, 0.3) is 36.9 Å². The molecule has 0 radical (unpaired) electrons. The Kier molecular flexibility index (Phi) is 3.68. The number of hydrogen-bond donors (Lipinski definition) is 1. The van der Waals surface area contributed by atoms with Gasteiger partial charge in [-0.2, -0.15) is 0 Å². The number of nitrogens with one attached hydrogen (secondary N) is 1. The van der Waals surface area contributed by atoms with Crippen LogP contribution in [0.4, 0.5) is 11.4 Å². The first-order chi connectivity index (χ1) is 14.4. The minimum Gasteiger partial charge on any atom is -0.355 e. The molecule has 0 saturated heterocycles. The number of benzene rings is 4. The van der Waals surface area contributed by atoms with E-state index in [0.29, 0.717) is 0 Å². The van der Waals surface area contributed by atoms with Gasteiger partial charge in [0.1, 0.15) is 4.83 Å². The molecule has 2 nitrogen and oxygen atoms in total. The van der Waals surface area contributed by atoms with Crippen LogP contribution in [0.5, 0.6) is 0 Å². The molecule has 0 bridgehead atoms. The fraction of sp³-hybridized carbons (Fsp3) is 0. The fourth-order valence-electron chi connectivity index (χ4n) is 4.09. The van der Waals surface area contributed by atoms with Gasteiger partial charge in [0, 0.05) is 37.9 Å². The zero-order chi connectivity index (χ0) is 19.2. The normalized spacial score (nSPS) is 11.4. The molecule has 3 heteroatoms. The number of hydrogen-bond acceptors (Lipinski definition) is 2. The van der Waals surface area contributed by atoms with Crippen LogP contribution in [0.3, 0.4) is 0 Å². The van der Waals surface area contributed by atoms with Crippen LogP contribution in [-0.2, 0) is 0 Å². The molecule has 138 valence electrons. The monoisotopic (exact) mass is 390 g/mol. The Hall–Kier alpha value is -3.56. The molecule has 0 saturated carbocycles. The largest absolute Gasteiger partial charge is 0.355 e. The minimum absolute atomic E-state index is 1.09. The third kappa shape index (κ3) is 2.63. The summed E-state index contributed by atoms with van der Waals surface area (Å²) >= 11 is 1.86. The van der Waals surface area contributed by atoms with Gasteiger partial charge in [-0.25, -0.2) is 0 Å². The second kappa shape index (κ2) is 6.50. The highest BCUT2D eigenvalue weighted by atomic mass is 32.1. The third-order valence-electron chi connectivity index (χ3n) is 5.36. The zero-order valence-corrected chi connectivity index (χ0v) is 16.5. The van der Waals surface area contributed by atoms with Gasteiger partial charge in [-0.05, 0) is 42.5 Å². The molecule has 29 heavy (non-hydrogen) atoms. The number of rotatable bonds is 3. The van der Waals surface area contributed by atoms with Gasteiger partial charge in [-0.1, -0.05) is 60.7 Å². The average Bonchev–Trinajstić information content (AvgIpc) is 3.29. The van der Waals surface area contributed by atoms with Crippen LogP contribution in [0.2, 0.25) is 0 Å². The van der Waals surface area contributed by atoms with Gasteiger partial charge < -0.3 is 9.88 Å². The molecule has 0 fully saturated rings. The molecule has 0 amide bonds. The Labute approximate surface area is 172 Å². The van der Waals surface area contributed by atoms with Crippen LogP contribution < -0.4 is 5.32 Å². The van der Waals surface area contributed by atoms with E-state index in [9.17, 15) is 0 Å². The zero-order valence-electron chi connectivity index (χ0n) is 15.7. The predicted molar refractivity (Wildman–Crippen MR) is 126 cm³/mol. The minimum atomic E-state index is 1.09. The van der Waals surface area contributed by atoms with E-state index in [1.165, 1.54) is 36.9 Å². The molecule has 6 rings (SSSR count). The van der Waals surface area contributed by atoms with Crippen LogP contribution in [0, 0.1) is 0 Å². The van der Waals surface area contributed by atoms with Crippen LogP contribution in [-0.4, -0.2) is 4.57 Å².